The van der Waals surface area contributed by atoms with E-state index >= 15 is 0 Å². The molecule has 110 valence electrons. The lowest BCUT2D eigenvalue weighted by Crippen LogP contribution is -2.45. The fourth-order valence-electron chi connectivity index (χ4n) is 2.78. The number of hydrogen-bond donors (Lipinski definition) is 1. The van der Waals surface area contributed by atoms with Crippen molar-refractivity contribution in [1.29, 1.82) is 0 Å². The zero-order valence-electron chi connectivity index (χ0n) is 12.3. The van der Waals surface area contributed by atoms with Gasteiger partial charge in [-0.15, -0.1) is 0 Å². The molecular formula is C17H22N4. The van der Waals surface area contributed by atoms with Crippen LogP contribution in [0.25, 0.3) is 0 Å². The predicted molar refractivity (Wildman–Crippen MR) is 85.6 cm³/mol. The summed E-state index contributed by atoms with van der Waals surface area (Å²) >= 11 is 0. The van der Waals surface area contributed by atoms with Crippen LogP contribution in [0.4, 0.5) is 5.69 Å². The molecule has 1 saturated heterocycles. The molecule has 4 heteroatoms. The molecule has 1 aliphatic rings. The Labute approximate surface area is 126 Å². The highest BCUT2D eigenvalue weighted by Gasteiger charge is 2.17. The summed E-state index contributed by atoms with van der Waals surface area (Å²) in [5.41, 5.74) is 9.14. The van der Waals surface area contributed by atoms with E-state index in [0.717, 1.165) is 50.6 Å². The minimum Gasteiger partial charge on any atom is -0.399 e. The number of nitrogen functional groups attached to an aromatic ring is 1. The van der Waals surface area contributed by atoms with E-state index in [4.69, 9.17) is 5.73 Å². The SMILES string of the molecule is Nc1cccc(CN2CCN(Cc3ccccn3)CC2)c1. The van der Waals surface area contributed by atoms with E-state index < -0.39 is 0 Å². The van der Waals surface area contributed by atoms with Crippen LogP contribution < -0.4 is 5.73 Å². The monoisotopic (exact) mass is 282 g/mol. The van der Waals surface area contributed by atoms with Crippen LogP contribution in [0, 0.1) is 0 Å². The number of anilines is 1. The summed E-state index contributed by atoms with van der Waals surface area (Å²) in [6, 6.07) is 14.3. The summed E-state index contributed by atoms with van der Waals surface area (Å²) < 4.78 is 0. The van der Waals surface area contributed by atoms with Crippen LogP contribution in [-0.2, 0) is 13.1 Å². The number of nitrogens with zero attached hydrogens (tertiary/aromatic N) is 3. The Bertz CT molecular complexity index is 562. The summed E-state index contributed by atoms with van der Waals surface area (Å²) in [5, 5.41) is 0. The molecule has 1 fully saturated rings. The Morgan fingerprint density at radius 1 is 0.905 bits per heavy atom. The van der Waals surface area contributed by atoms with Crippen LogP contribution in [0.1, 0.15) is 11.3 Å². The molecule has 0 atom stereocenters. The van der Waals surface area contributed by atoms with Crippen molar-refractivity contribution in [2.75, 3.05) is 31.9 Å². The molecule has 3 rings (SSSR count). The molecule has 1 aromatic carbocycles. The molecule has 0 unspecified atom stereocenters. The van der Waals surface area contributed by atoms with Gasteiger partial charge in [0.2, 0.25) is 0 Å². The minimum absolute atomic E-state index is 0.848. The van der Waals surface area contributed by atoms with Gasteiger partial charge in [-0.05, 0) is 29.8 Å². The van der Waals surface area contributed by atoms with E-state index in [1.165, 1.54) is 5.56 Å². The molecule has 0 bridgehead atoms. The number of aromatic nitrogens is 1. The molecule has 0 saturated carbocycles. The van der Waals surface area contributed by atoms with E-state index in [1.807, 2.05) is 24.4 Å². The number of nitrogens with two attached hydrogens (primary N) is 1. The molecular weight excluding hydrogens is 260 g/mol. The van der Waals surface area contributed by atoms with E-state index in [1.54, 1.807) is 0 Å². The molecule has 2 N–H and O–H groups in total. The molecule has 0 aliphatic carbocycles. The van der Waals surface area contributed by atoms with E-state index in [2.05, 4.69) is 39.0 Å². The Kier molecular flexibility index (Phi) is 4.48. The zero-order chi connectivity index (χ0) is 14.5. The smallest absolute Gasteiger partial charge is 0.0543 e. The average Bonchev–Trinajstić information content (AvgIpc) is 2.50. The second-order valence-corrected chi connectivity index (χ2v) is 5.62. The first kappa shape index (κ1) is 14.0. The number of pyridine rings is 1. The van der Waals surface area contributed by atoms with Crippen LogP contribution in [0.15, 0.2) is 48.7 Å². The number of hydrogen-bond acceptors (Lipinski definition) is 4. The van der Waals surface area contributed by atoms with E-state index in [-0.39, 0.29) is 0 Å². The standard InChI is InChI=1S/C17H22N4/c18-16-5-3-4-15(12-16)13-20-8-10-21(11-9-20)14-17-6-1-2-7-19-17/h1-7,12H,8-11,13-14,18H2. The molecule has 1 aromatic heterocycles. The normalized spacial score (nSPS) is 17.0. The number of rotatable bonds is 4. The van der Waals surface area contributed by atoms with Gasteiger partial charge in [0.25, 0.3) is 0 Å². The Morgan fingerprint density at radius 3 is 2.33 bits per heavy atom. The largest absolute Gasteiger partial charge is 0.399 e. The zero-order valence-corrected chi connectivity index (χ0v) is 12.3. The number of benzene rings is 1. The van der Waals surface area contributed by atoms with Crippen molar-refractivity contribution in [2.45, 2.75) is 13.1 Å². The van der Waals surface area contributed by atoms with Gasteiger partial charge in [0.1, 0.15) is 0 Å². The fourth-order valence-corrected chi connectivity index (χ4v) is 2.78. The summed E-state index contributed by atoms with van der Waals surface area (Å²) in [6.45, 7) is 6.33. The van der Waals surface area contributed by atoms with Crippen LogP contribution >= 0.6 is 0 Å². The lowest BCUT2D eigenvalue weighted by molar-refractivity contribution is 0.121. The van der Waals surface area contributed by atoms with Crippen LogP contribution in [0.5, 0.6) is 0 Å². The van der Waals surface area contributed by atoms with Gasteiger partial charge in [-0.3, -0.25) is 14.8 Å². The molecule has 2 heterocycles. The highest BCUT2D eigenvalue weighted by Crippen LogP contribution is 2.12. The second kappa shape index (κ2) is 6.70. The number of piperazine rings is 1. The third-order valence-electron chi connectivity index (χ3n) is 3.93. The van der Waals surface area contributed by atoms with Gasteiger partial charge in [0.05, 0.1) is 5.69 Å². The van der Waals surface area contributed by atoms with Gasteiger partial charge in [0.15, 0.2) is 0 Å². The first-order chi connectivity index (χ1) is 10.3. The first-order valence-corrected chi connectivity index (χ1v) is 7.48. The summed E-state index contributed by atoms with van der Waals surface area (Å²) in [5.74, 6) is 0. The maximum atomic E-state index is 5.84. The minimum atomic E-state index is 0.848. The molecule has 0 amide bonds. The topological polar surface area (TPSA) is 45.4 Å². The van der Waals surface area contributed by atoms with Crippen LogP contribution in [0.2, 0.25) is 0 Å². The average molecular weight is 282 g/mol. The van der Waals surface area contributed by atoms with Crippen molar-refractivity contribution < 1.29 is 0 Å². The van der Waals surface area contributed by atoms with Gasteiger partial charge in [-0.2, -0.15) is 0 Å². The molecule has 0 radical (unpaired) electrons. The van der Waals surface area contributed by atoms with Gasteiger partial charge in [0, 0.05) is 51.2 Å². The van der Waals surface area contributed by atoms with E-state index in [0.29, 0.717) is 0 Å². The summed E-state index contributed by atoms with van der Waals surface area (Å²) in [6.07, 6.45) is 1.87. The third kappa shape index (κ3) is 4.03. The molecule has 0 spiro atoms. The molecule has 4 nitrogen and oxygen atoms in total. The summed E-state index contributed by atoms with van der Waals surface area (Å²) in [4.78, 5) is 9.36. The Hall–Kier alpha value is -1.91. The summed E-state index contributed by atoms with van der Waals surface area (Å²) in [7, 11) is 0. The Balaban J connectivity index is 1.49. The third-order valence-corrected chi connectivity index (χ3v) is 3.93. The quantitative estimate of drug-likeness (QED) is 0.871. The van der Waals surface area contributed by atoms with Crippen molar-refractivity contribution in [1.82, 2.24) is 14.8 Å². The van der Waals surface area contributed by atoms with Crippen molar-refractivity contribution in [3.05, 3.63) is 59.9 Å². The predicted octanol–water partition coefficient (Wildman–Crippen LogP) is 1.98. The molecule has 21 heavy (non-hydrogen) atoms. The lowest BCUT2D eigenvalue weighted by atomic mass is 10.1. The van der Waals surface area contributed by atoms with Gasteiger partial charge in [-0.1, -0.05) is 18.2 Å². The van der Waals surface area contributed by atoms with Gasteiger partial charge in [-0.25, -0.2) is 0 Å². The maximum absolute atomic E-state index is 5.84. The first-order valence-electron chi connectivity index (χ1n) is 7.48. The van der Waals surface area contributed by atoms with Crippen molar-refractivity contribution in [3.8, 4) is 0 Å². The highest BCUT2D eigenvalue weighted by molar-refractivity contribution is 5.40. The van der Waals surface area contributed by atoms with Crippen LogP contribution in [-0.4, -0.2) is 41.0 Å². The maximum Gasteiger partial charge on any atom is 0.0543 e. The molecule has 2 aromatic rings. The second-order valence-electron chi connectivity index (χ2n) is 5.62. The van der Waals surface area contributed by atoms with Crippen molar-refractivity contribution in [2.24, 2.45) is 0 Å². The van der Waals surface area contributed by atoms with E-state index in [9.17, 15) is 0 Å². The van der Waals surface area contributed by atoms with Crippen molar-refractivity contribution >= 4 is 5.69 Å². The highest BCUT2D eigenvalue weighted by atomic mass is 15.3. The van der Waals surface area contributed by atoms with Crippen molar-refractivity contribution in [3.63, 3.8) is 0 Å². The molecule has 1 aliphatic heterocycles. The lowest BCUT2D eigenvalue weighted by Gasteiger charge is -2.34. The van der Waals surface area contributed by atoms with Gasteiger partial charge < -0.3 is 5.73 Å². The van der Waals surface area contributed by atoms with Crippen LogP contribution in [0.3, 0.4) is 0 Å². The van der Waals surface area contributed by atoms with Gasteiger partial charge >= 0.3 is 0 Å². The Morgan fingerprint density at radius 2 is 1.67 bits per heavy atom. The fraction of sp³-hybridized carbons (Fsp3) is 0.353.